The van der Waals surface area contributed by atoms with Crippen molar-refractivity contribution in [1.29, 1.82) is 0 Å². The smallest absolute Gasteiger partial charge is 0.253 e. The van der Waals surface area contributed by atoms with Crippen LogP contribution in [-0.2, 0) is 0 Å². The van der Waals surface area contributed by atoms with E-state index in [1.165, 1.54) is 12.8 Å². The number of nitrogens with one attached hydrogen (secondary N) is 1. The molecule has 2 aliphatic rings. The maximum Gasteiger partial charge on any atom is 0.253 e. The van der Waals surface area contributed by atoms with Gasteiger partial charge in [0.1, 0.15) is 0 Å². The van der Waals surface area contributed by atoms with Crippen molar-refractivity contribution in [2.75, 3.05) is 7.05 Å². The molecule has 4 rings (SSSR count). The van der Waals surface area contributed by atoms with Crippen molar-refractivity contribution in [2.24, 2.45) is 0 Å². The van der Waals surface area contributed by atoms with Gasteiger partial charge in [0.2, 0.25) is 0 Å². The van der Waals surface area contributed by atoms with Gasteiger partial charge in [0.15, 0.2) is 0 Å². The zero-order valence-corrected chi connectivity index (χ0v) is 15.2. The summed E-state index contributed by atoms with van der Waals surface area (Å²) in [6.07, 6.45) is 4.65. The lowest BCUT2D eigenvalue weighted by atomic mass is 9.98. The zero-order valence-electron chi connectivity index (χ0n) is 15.2. The molecule has 1 aromatic carbocycles. The summed E-state index contributed by atoms with van der Waals surface area (Å²) < 4.78 is 1.91. The van der Waals surface area contributed by atoms with Gasteiger partial charge >= 0.3 is 0 Å². The van der Waals surface area contributed by atoms with Gasteiger partial charge in [-0.2, -0.15) is 5.10 Å². The zero-order chi connectivity index (χ0) is 17.6. The van der Waals surface area contributed by atoms with E-state index in [1.807, 2.05) is 54.7 Å². The van der Waals surface area contributed by atoms with Crippen molar-refractivity contribution in [2.45, 2.75) is 57.7 Å². The third kappa shape index (κ3) is 3.09. The monoisotopic (exact) mass is 338 g/mol. The number of aromatic nitrogens is 2. The quantitative estimate of drug-likeness (QED) is 0.936. The predicted octanol–water partition coefficient (Wildman–Crippen LogP) is 2.84. The summed E-state index contributed by atoms with van der Waals surface area (Å²) >= 11 is 0. The highest BCUT2D eigenvalue weighted by atomic mass is 16.2. The second-order valence-electron chi connectivity index (χ2n) is 7.56. The number of carbonyl (C=O) groups excluding carboxylic acids is 1. The van der Waals surface area contributed by atoms with Crippen LogP contribution in [0.25, 0.3) is 5.69 Å². The molecule has 5 nitrogen and oxygen atoms in total. The molecular formula is C20H26N4O. The highest BCUT2D eigenvalue weighted by Gasteiger charge is 2.36. The third-order valence-corrected chi connectivity index (χ3v) is 5.68. The molecule has 0 saturated carbocycles. The van der Waals surface area contributed by atoms with Crippen molar-refractivity contribution in [1.82, 2.24) is 20.0 Å². The molecule has 2 aliphatic heterocycles. The Kier molecular flexibility index (Phi) is 4.12. The van der Waals surface area contributed by atoms with Gasteiger partial charge in [0.05, 0.1) is 11.4 Å². The van der Waals surface area contributed by atoms with E-state index in [0.29, 0.717) is 18.1 Å². The van der Waals surface area contributed by atoms with Gasteiger partial charge in [-0.15, -0.1) is 0 Å². The Balaban J connectivity index is 1.49. The summed E-state index contributed by atoms with van der Waals surface area (Å²) in [5.74, 6) is 0.117. The predicted molar refractivity (Wildman–Crippen MR) is 98.1 cm³/mol. The van der Waals surface area contributed by atoms with Gasteiger partial charge in [0, 0.05) is 36.4 Å². The lowest BCUT2D eigenvalue weighted by Gasteiger charge is -2.35. The fourth-order valence-corrected chi connectivity index (χ4v) is 4.35. The Morgan fingerprint density at radius 2 is 1.80 bits per heavy atom. The fourth-order valence-electron chi connectivity index (χ4n) is 4.35. The minimum atomic E-state index is 0.117. The number of aryl methyl sites for hydroxylation is 2. The van der Waals surface area contributed by atoms with Crippen molar-refractivity contribution in [3.63, 3.8) is 0 Å². The minimum Gasteiger partial charge on any atom is -0.339 e. The minimum absolute atomic E-state index is 0.117. The lowest BCUT2D eigenvalue weighted by Crippen LogP contribution is -2.48. The summed E-state index contributed by atoms with van der Waals surface area (Å²) in [5, 5.41) is 8.14. The molecule has 0 radical (unpaired) electrons. The van der Waals surface area contributed by atoms with Crippen LogP contribution < -0.4 is 5.32 Å². The molecule has 0 aliphatic carbocycles. The Labute approximate surface area is 149 Å². The Hall–Kier alpha value is -2.14. The molecule has 2 bridgehead atoms. The maximum atomic E-state index is 12.9. The summed E-state index contributed by atoms with van der Waals surface area (Å²) in [7, 11) is 1.95. The van der Waals surface area contributed by atoms with Crippen LogP contribution in [0.2, 0.25) is 0 Å². The number of hydrogen-bond donors (Lipinski definition) is 1. The number of nitrogens with zero attached hydrogens (tertiary/aromatic N) is 3. The first-order chi connectivity index (χ1) is 12.0. The standard InChI is InChI=1S/C20H26N4O/c1-13-10-14(2)24(22-13)18-8-4-15(5-9-18)20(25)23(3)19-11-16-6-7-17(12-19)21-16/h4-5,8-10,16-17,19,21H,6-7,11-12H2,1-3H3. The molecular weight excluding hydrogens is 312 g/mol. The average molecular weight is 338 g/mol. The lowest BCUT2D eigenvalue weighted by molar-refractivity contribution is 0.0681. The molecule has 2 unspecified atom stereocenters. The molecule has 5 heteroatoms. The summed E-state index contributed by atoms with van der Waals surface area (Å²) in [4.78, 5) is 14.8. The van der Waals surface area contributed by atoms with Gasteiger partial charge in [0.25, 0.3) is 5.91 Å². The van der Waals surface area contributed by atoms with Crippen LogP contribution >= 0.6 is 0 Å². The normalized spacial score (nSPS) is 25.2. The number of fused-ring (bicyclic) bond motifs is 2. The number of rotatable bonds is 3. The molecule has 132 valence electrons. The SMILES string of the molecule is Cc1cc(C)n(-c2ccc(C(=O)N(C)C3CC4CCC(C3)N4)cc2)n1. The van der Waals surface area contributed by atoms with Crippen molar-refractivity contribution in [3.05, 3.63) is 47.3 Å². The van der Waals surface area contributed by atoms with Crippen LogP contribution in [0, 0.1) is 13.8 Å². The van der Waals surface area contributed by atoms with Gasteiger partial charge in [-0.05, 0) is 69.9 Å². The van der Waals surface area contributed by atoms with E-state index in [0.717, 1.165) is 35.5 Å². The summed E-state index contributed by atoms with van der Waals surface area (Å²) in [5.41, 5.74) is 3.83. The summed E-state index contributed by atoms with van der Waals surface area (Å²) in [6.45, 7) is 4.03. The highest BCUT2D eigenvalue weighted by Crippen LogP contribution is 2.30. The van der Waals surface area contributed by atoms with Crippen molar-refractivity contribution < 1.29 is 4.79 Å². The highest BCUT2D eigenvalue weighted by molar-refractivity contribution is 5.94. The molecule has 2 fully saturated rings. The molecule has 1 amide bonds. The van der Waals surface area contributed by atoms with Crippen molar-refractivity contribution in [3.8, 4) is 5.69 Å². The van der Waals surface area contributed by atoms with Crippen LogP contribution in [0.5, 0.6) is 0 Å². The van der Waals surface area contributed by atoms with Crippen LogP contribution in [0.4, 0.5) is 0 Å². The Morgan fingerprint density at radius 3 is 2.36 bits per heavy atom. The van der Waals surface area contributed by atoms with E-state index in [9.17, 15) is 4.79 Å². The number of hydrogen-bond acceptors (Lipinski definition) is 3. The van der Waals surface area contributed by atoms with Crippen LogP contribution in [-0.4, -0.2) is 45.8 Å². The second kappa shape index (κ2) is 6.30. The fraction of sp³-hybridized carbons (Fsp3) is 0.500. The third-order valence-electron chi connectivity index (χ3n) is 5.68. The summed E-state index contributed by atoms with van der Waals surface area (Å²) in [6, 6.07) is 11.4. The molecule has 2 aromatic rings. The van der Waals surface area contributed by atoms with E-state index in [2.05, 4.69) is 16.5 Å². The molecule has 2 saturated heterocycles. The van der Waals surface area contributed by atoms with Gasteiger partial charge in [-0.3, -0.25) is 4.79 Å². The first-order valence-electron chi connectivity index (χ1n) is 9.18. The Morgan fingerprint density at radius 1 is 1.16 bits per heavy atom. The number of carbonyl (C=O) groups is 1. The van der Waals surface area contributed by atoms with E-state index in [4.69, 9.17) is 0 Å². The second-order valence-corrected chi connectivity index (χ2v) is 7.56. The van der Waals surface area contributed by atoms with E-state index in [-0.39, 0.29) is 5.91 Å². The van der Waals surface area contributed by atoms with Crippen LogP contribution in [0.15, 0.2) is 30.3 Å². The number of benzene rings is 1. The van der Waals surface area contributed by atoms with E-state index < -0.39 is 0 Å². The molecule has 1 aromatic heterocycles. The first-order valence-corrected chi connectivity index (χ1v) is 9.18. The first kappa shape index (κ1) is 16.3. The van der Waals surface area contributed by atoms with Gasteiger partial charge < -0.3 is 10.2 Å². The van der Waals surface area contributed by atoms with Gasteiger partial charge in [-0.25, -0.2) is 4.68 Å². The largest absolute Gasteiger partial charge is 0.339 e. The molecule has 1 N–H and O–H groups in total. The Bertz CT molecular complexity index is 767. The topological polar surface area (TPSA) is 50.2 Å². The van der Waals surface area contributed by atoms with Crippen LogP contribution in [0.3, 0.4) is 0 Å². The molecule has 25 heavy (non-hydrogen) atoms. The average Bonchev–Trinajstić information content (AvgIpc) is 3.14. The van der Waals surface area contributed by atoms with E-state index >= 15 is 0 Å². The van der Waals surface area contributed by atoms with E-state index in [1.54, 1.807) is 0 Å². The molecule has 0 spiro atoms. The number of amides is 1. The van der Waals surface area contributed by atoms with Crippen molar-refractivity contribution >= 4 is 5.91 Å². The van der Waals surface area contributed by atoms with Crippen LogP contribution in [0.1, 0.15) is 47.4 Å². The molecule has 2 atom stereocenters. The maximum absolute atomic E-state index is 12.9. The number of piperidine rings is 1. The van der Waals surface area contributed by atoms with Gasteiger partial charge in [-0.1, -0.05) is 0 Å². The molecule has 3 heterocycles.